The van der Waals surface area contributed by atoms with Gasteiger partial charge in [-0.2, -0.15) is 0 Å². The van der Waals surface area contributed by atoms with Crippen LogP contribution in [0.5, 0.6) is 0 Å². The van der Waals surface area contributed by atoms with E-state index in [4.69, 9.17) is 0 Å². The SMILES string of the molecule is O=C(CN1C(=O)NC2(CCCc3ccccc32)C1=O)Nc1ccc(F)c(F)c1F. The van der Waals surface area contributed by atoms with Gasteiger partial charge in [0.25, 0.3) is 5.91 Å². The zero-order valence-electron chi connectivity index (χ0n) is 15.1. The highest BCUT2D eigenvalue weighted by atomic mass is 19.2. The molecule has 0 bridgehead atoms. The molecule has 1 heterocycles. The number of imide groups is 1. The third-order valence-corrected chi connectivity index (χ3v) is 5.26. The normalized spacial score (nSPS) is 20.6. The molecular weight excluding hydrogens is 387 g/mol. The summed E-state index contributed by atoms with van der Waals surface area (Å²) in [5, 5.41) is 4.76. The van der Waals surface area contributed by atoms with Crippen LogP contribution in [0.15, 0.2) is 36.4 Å². The minimum absolute atomic E-state index is 0.393. The van der Waals surface area contributed by atoms with Crippen LogP contribution in [0.1, 0.15) is 24.0 Å². The fourth-order valence-corrected chi connectivity index (χ4v) is 3.91. The molecule has 150 valence electrons. The molecular formula is C20H16F3N3O3. The number of nitrogens with one attached hydrogen (secondary N) is 2. The first-order valence-corrected chi connectivity index (χ1v) is 8.99. The van der Waals surface area contributed by atoms with Crippen LogP contribution >= 0.6 is 0 Å². The molecule has 6 nitrogen and oxygen atoms in total. The summed E-state index contributed by atoms with van der Waals surface area (Å²) in [6, 6.07) is 8.05. The van der Waals surface area contributed by atoms with Crippen molar-refractivity contribution in [3.8, 4) is 0 Å². The first-order valence-electron chi connectivity index (χ1n) is 8.99. The molecule has 9 heteroatoms. The van der Waals surface area contributed by atoms with Gasteiger partial charge in [0.15, 0.2) is 17.5 Å². The van der Waals surface area contributed by atoms with Crippen LogP contribution in [0.25, 0.3) is 0 Å². The molecule has 2 aromatic rings. The van der Waals surface area contributed by atoms with E-state index in [1.165, 1.54) is 0 Å². The number of hydrogen-bond acceptors (Lipinski definition) is 3. The first kappa shape index (κ1) is 19.0. The lowest BCUT2D eigenvalue weighted by molar-refractivity contribution is -0.134. The largest absolute Gasteiger partial charge is 0.325 e. The number of hydrogen-bond donors (Lipinski definition) is 2. The molecule has 29 heavy (non-hydrogen) atoms. The monoisotopic (exact) mass is 403 g/mol. The molecule has 0 saturated carbocycles. The van der Waals surface area contributed by atoms with Crippen LogP contribution in [0.2, 0.25) is 0 Å². The predicted octanol–water partition coefficient (Wildman–Crippen LogP) is 2.83. The van der Waals surface area contributed by atoms with E-state index in [1.807, 2.05) is 12.1 Å². The van der Waals surface area contributed by atoms with Gasteiger partial charge in [-0.05, 0) is 42.5 Å². The molecule has 2 aromatic carbocycles. The van der Waals surface area contributed by atoms with E-state index in [0.29, 0.717) is 24.5 Å². The third-order valence-electron chi connectivity index (χ3n) is 5.26. The quantitative estimate of drug-likeness (QED) is 0.611. The van der Waals surface area contributed by atoms with Crippen molar-refractivity contribution in [3.05, 3.63) is 65.0 Å². The number of anilines is 1. The van der Waals surface area contributed by atoms with Crippen LogP contribution < -0.4 is 10.6 Å². The Labute approximate surface area is 163 Å². The smallest absolute Gasteiger partial charge is 0.322 e. The van der Waals surface area contributed by atoms with Crippen LogP contribution in [-0.4, -0.2) is 29.3 Å². The van der Waals surface area contributed by atoms with E-state index in [1.54, 1.807) is 12.1 Å². The number of urea groups is 1. The molecule has 0 radical (unpaired) electrons. The number of halogens is 3. The average Bonchev–Trinajstić information content (AvgIpc) is 2.93. The second kappa shape index (κ2) is 6.91. The number of nitrogens with zero attached hydrogens (tertiary/aromatic N) is 1. The Bertz CT molecular complexity index is 1040. The Morgan fingerprint density at radius 3 is 2.66 bits per heavy atom. The Morgan fingerprint density at radius 1 is 1.10 bits per heavy atom. The van der Waals surface area contributed by atoms with Crippen molar-refractivity contribution in [2.75, 3.05) is 11.9 Å². The number of carbonyl (C=O) groups is 3. The highest BCUT2D eigenvalue weighted by Gasteiger charge is 2.54. The maximum absolute atomic E-state index is 13.8. The molecule has 4 amide bonds. The molecule has 1 aliphatic carbocycles. The molecule has 1 saturated heterocycles. The summed E-state index contributed by atoms with van der Waals surface area (Å²) in [5.74, 6) is -6.17. The molecule has 1 unspecified atom stereocenters. The lowest BCUT2D eigenvalue weighted by Gasteiger charge is -2.33. The van der Waals surface area contributed by atoms with Gasteiger partial charge in [-0.15, -0.1) is 0 Å². The van der Waals surface area contributed by atoms with Crippen molar-refractivity contribution in [2.45, 2.75) is 24.8 Å². The molecule has 2 N–H and O–H groups in total. The Morgan fingerprint density at radius 2 is 1.86 bits per heavy atom. The summed E-state index contributed by atoms with van der Waals surface area (Å²) in [5.41, 5.74) is -0.181. The van der Waals surface area contributed by atoms with E-state index in [2.05, 4.69) is 10.6 Å². The zero-order valence-corrected chi connectivity index (χ0v) is 15.1. The molecule has 4 rings (SSSR count). The predicted molar refractivity (Wildman–Crippen MR) is 96.2 cm³/mol. The topological polar surface area (TPSA) is 78.5 Å². The summed E-state index contributed by atoms with van der Waals surface area (Å²) in [7, 11) is 0. The molecule has 1 fully saturated rings. The second-order valence-electron chi connectivity index (χ2n) is 7.01. The molecule has 1 atom stereocenters. The van der Waals surface area contributed by atoms with Gasteiger partial charge in [0.1, 0.15) is 12.1 Å². The highest BCUT2D eigenvalue weighted by Crippen LogP contribution is 2.39. The molecule has 1 aliphatic heterocycles. The number of rotatable bonds is 3. The van der Waals surface area contributed by atoms with Crippen molar-refractivity contribution in [1.82, 2.24) is 10.2 Å². The third kappa shape index (κ3) is 3.02. The minimum Gasteiger partial charge on any atom is -0.322 e. The molecule has 1 spiro atoms. The van der Waals surface area contributed by atoms with E-state index >= 15 is 0 Å². The maximum atomic E-state index is 13.8. The van der Waals surface area contributed by atoms with Gasteiger partial charge < -0.3 is 10.6 Å². The van der Waals surface area contributed by atoms with E-state index in [0.717, 1.165) is 23.0 Å². The lowest BCUT2D eigenvalue weighted by atomic mass is 9.76. The Hall–Kier alpha value is -3.36. The van der Waals surface area contributed by atoms with Crippen molar-refractivity contribution < 1.29 is 27.6 Å². The summed E-state index contributed by atoms with van der Waals surface area (Å²) in [6.07, 6.45) is 1.85. The van der Waals surface area contributed by atoms with E-state index in [9.17, 15) is 27.6 Å². The summed E-state index contributed by atoms with van der Waals surface area (Å²) in [6.45, 7) is -0.687. The zero-order chi connectivity index (χ0) is 20.8. The van der Waals surface area contributed by atoms with E-state index in [-0.39, 0.29) is 0 Å². The van der Waals surface area contributed by atoms with Gasteiger partial charge in [-0.3, -0.25) is 14.5 Å². The van der Waals surface area contributed by atoms with E-state index < -0.39 is 53.1 Å². The average molecular weight is 403 g/mol. The number of benzene rings is 2. The fourth-order valence-electron chi connectivity index (χ4n) is 3.91. The summed E-state index contributed by atoms with van der Waals surface area (Å²) in [4.78, 5) is 38.5. The van der Waals surface area contributed by atoms with Gasteiger partial charge in [0.05, 0.1) is 5.69 Å². The van der Waals surface area contributed by atoms with Crippen LogP contribution in [0.3, 0.4) is 0 Å². The fraction of sp³-hybridized carbons (Fsp3) is 0.250. The van der Waals surface area contributed by atoms with Gasteiger partial charge in [0.2, 0.25) is 5.91 Å². The number of carbonyl (C=O) groups excluding carboxylic acids is 3. The Balaban J connectivity index is 1.55. The number of fused-ring (bicyclic) bond motifs is 2. The van der Waals surface area contributed by atoms with Gasteiger partial charge >= 0.3 is 6.03 Å². The minimum atomic E-state index is -1.73. The molecule has 0 aromatic heterocycles. The van der Waals surface area contributed by atoms with Gasteiger partial charge in [-0.1, -0.05) is 24.3 Å². The van der Waals surface area contributed by atoms with Crippen molar-refractivity contribution >= 4 is 23.5 Å². The highest BCUT2D eigenvalue weighted by molar-refractivity contribution is 6.10. The number of aryl methyl sites for hydroxylation is 1. The lowest BCUT2D eigenvalue weighted by Crippen LogP contribution is -2.47. The maximum Gasteiger partial charge on any atom is 0.325 e. The Kier molecular flexibility index (Phi) is 4.52. The first-order chi connectivity index (χ1) is 13.8. The number of amides is 4. The van der Waals surface area contributed by atoms with Gasteiger partial charge in [0, 0.05) is 0 Å². The van der Waals surface area contributed by atoms with Crippen LogP contribution in [0.4, 0.5) is 23.7 Å². The van der Waals surface area contributed by atoms with Crippen molar-refractivity contribution in [2.24, 2.45) is 0 Å². The van der Waals surface area contributed by atoms with Crippen LogP contribution in [-0.2, 0) is 21.5 Å². The summed E-state index contributed by atoms with van der Waals surface area (Å²) >= 11 is 0. The summed E-state index contributed by atoms with van der Waals surface area (Å²) < 4.78 is 40.1. The molecule has 2 aliphatic rings. The second-order valence-corrected chi connectivity index (χ2v) is 7.01. The standard InChI is InChI=1S/C20H16F3N3O3/c21-13-7-8-14(17(23)16(13)22)24-15(27)10-26-18(28)20(25-19(26)29)9-3-5-11-4-1-2-6-12(11)20/h1-2,4,6-8H,3,5,9-10H2,(H,24,27)(H,25,29). The van der Waals surface area contributed by atoms with Gasteiger partial charge in [-0.25, -0.2) is 18.0 Å². The van der Waals surface area contributed by atoms with Crippen LogP contribution in [0, 0.1) is 17.5 Å². The van der Waals surface area contributed by atoms with Crippen molar-refractivity contribution in [1.29, 1.82) is 0 Å². The van der Waals surface area contributed by atoms with Crippen molar-refractivity contribution in [3.63, 3.8) is 0 Å².